The number of allylic oxidation sites excluding steroid dienone is 1. The molecule has 0 amide bonds. The maximum Gasteiger partial charge on any atom is 0.203 e. The molecule has 1 N–H and O–H groups in total. The second-order valence-corrected chi connectivity index (χ2v) is 8.82. The van der Waals surface area contributed by atoms with E-state index < -0.39 is 0 Å². The second-order valence-electron chi connectivity index (χ2n) is 8.82. The SMILES string of the molecule is CCOC1C=CC(N(Cc2cncc(-c3cc(OC)c(OC)c(OC)c3)c2)C2CCNCC2)=CC1. The van der Waals surface area contributed by atoms with Crippen LogP contribution in [0.1, 0.15) is 31.7 Å². The van der Waals surface area contributed by atoms with Crippen LogP contribution in [0.25, 0.3) is 11.1 Å². The Labute approximate surface area is 208 Å². The van der Waals surface area contributed by atoms with Crippen LogP contribution in [0, 0.1) is 0 Å². The molecular weight excluding hydrogens is 442 g/mol. The lowest BCUT2D eigenvalue weighted by molar-refractivity contribution is 0.0958. The van der Waals surface area contributed by atoms with Crippen LogP contribution >= 0.6 is 0 Å². The van der Waals surface area contributed by atoms with Crippen LogP contribution < -0.4 is 19.5 Å². The topological polar surface area (TPSA) is 65.1 Å². The summed E-state index contributed by atoms with van der Waals surface area (Å²) >= 11 is 0. The van der Waals surface area contributed by atoms with Crippen LogP contribution in [0.15, 0.2) is 54.5 Å². The highest BCUT2D eigenvalue weighted by molar-refractivity contribution is 5.71. The molecule has 1 aromatic carbocycles. The smallest absolute Gasteiger partial charge is 0.203 e. The van der Waals surface area contributed by atoms with Gasteiger partial charge in [0.05, 0.1) is 27.4 Å². The highest BCUT2D eigenvalue weighted by Gasteiger charge is 2.24. The van der Waals surface area contributed by atoms with Crippen LogP contribution in [0.2, 0.25) is 0 Å². The van der Waals surface area contributed by atoms with Crippen LogP contribution in [-0.2, 0) is 11.3 Å². The van der Waals surface area contributed by atoms with Gasteiger partial charge in [-0.15, -0.1) is 0 Å². The van der Waals surface area contributed by atoms with Gasteiger partial charge in [0.2, 0.25) is 5.75 Å². The molecule has 2 heterocycles. The van der Waals surface area contributed by atoms with Gasteiger partial charge in [-0.25, -0.2) is 0 Å². The van der Waals surface area contributed by atoms with Crippen molar-refractivity contribution in [2.75, 3.05) is 41.0 Å². The van der Waals surface area contributed by atoms with Gasteiger partial charge in [-0.2, -0.15) is 0 Å². The van der Waals surface area contributed by atoms with Crippen LogP contribution in [0.4, 0.5) is 0 Å². The molecular formula is C28H37N3O4. The fraction of sp³-hybridized carbons (Fsp3) is 0.464. The van der Waals surface area contributed by atoms with Gasteiger partial charge >= 0.3 is 0 Å². The van der Waals surface area contributed by atoms with E-state index >= 15 is 0 Å². The van der Waals surface area contributed by atoms with Gasteiger partial charge in [0, 0.05) is 42.8 Å². The number of ether oxygens (including phenoxy) is 4. The lowest BCUT2D eigenvalue weighted by Crippen LogP contribution is -2.42. The van der Waals surface area contributed by atoms with Gasteiger partial charge < -0.3 is 29.2 Å². The van der Waals surface area contributed by atoms with Crippen molar-refractivity contribution in [1.29, 1.82) is 0 Å². The molecule has 2 aliphatic rings. The van der Waals surface area contributed by atoms with Crippen molar-refractivity contribution in [1.82, 2.24) is 15.2 Å². The number of nitrogens with one attached hydrogen (secondary N) is 1. The van der Waals surface area contributed by atoms with E-state index in [2.05, 4.69) is 39.5 Å². The maximum absolute atomic E-state index is 5.79. The molecule has 188 valence electrons. The van der Waals surface area contributed by atoms with E-state index in [4.69, 9.17) is 18.9 Å². The van der Waals surface area contributed by atoms with Gasteiger partial charge in [0.1, 0.15) is 0 Å². The summed E-state index contributed by atoms with van der Waals surface area (Å²) in [5, 5.41) is 3.49. The van der Waals surface area contributed by atoms with Crippen molar-refractivity contribution in [3.63, 3.8) is 0 Å². The number of piperidine rings is 1. The van der Waals surface area contributed by atoms with Crippen molar-refractivity contribution in [3.05, 3.63) is 60.1 Å². The molecule has 1 aromatic heterocycles. The van der Waals surface area contributed by atoms with Crippen molar-refractivity contribution in [3.8, 4) is 28.4 Å². The number of rotatable bonds is 10. The fourth-order valence-electron chi connectivity index (χ4n) is 4.87. The first kappa shape index (κ1) is 25.1. The highest BCUT2D eigenvalue weighted by Crippen LogP contribution is 2.41. The Morgan fingerprint density at radius 3 is 2.31 bits per heavy atom. The summed E-state index contributed by atoms with van der Waals surface area (Å²) in [5.74, 6) is 1.84. The molecule has 1 atom stereocenters. The molecule has 0 bridgehead atoms. The summed E-state index contributed by atoms with van der Waals surface area (Å²) < 4.78 is 22.4. The van der Waals surface area contributed by atoms with E-state index in [1.165, 1.54) is 5.70 Å². The van der Waals surface area contributed by atoms with Crippen molar-refractivity contribution in [2.24, 2.45) is 0 Å². The van der Waals surface area contributed by atoms with E-state index in [-0.39, 0.29) is 6.10 Å². The highest BCUT2D eigenvalue weighted by atomic mass is 16.5. The summed E-state index contributed by atoms with van der Waals surface area (Å²) in [6.07, 6.45) is 13.9. The quantitative estimate of drug-likeness (QED) is 0.535. The zero-order valence-electron chi connectivity index (χ0n) is 21.3. The first-order chi connectivity index (χ1) is 17.2. The Morgan fingerprint density at radius 1 is 0.971 bits per heavy atom. The standard InChI is InChI=1S/C28H37N3O4/c1-5-35-25-8-6-23(7-9-25)31(24-10-12-29-13-11-24)19-20-14-22(18-30-17-20)21-15-26(32-2)28(34-4)27(16-21)33-3/h6-8,14-18,24-25,29H,5,9-13,19H2,1-4H3. The summed E-state index contributed by atoms with van der Waals surface area (Å²) in [4.78, 5) is 7.12. The largest absolute Gasteiger partial charge is 0.493 e. The first-order valence-corrected chi connectivity index (χ1v) is 12.4. The molecule has 0 radical (unpaired) electrons. The minimum atomic E-state index is 0.170. The number of aromatic nitrogens is 1. The molecule has 7 nitrogen and oxygen atoms in total. The normalized spacial score (nSPS) is 18.2. The van der Waals surface area contributed by atoms with E-state index in [0.29, 0.717) is 23.3 Å². The zero-order chi connectivity index (χ0) is 24.6. The number of pyridine rings is 1. The average Bonchev–Trinajstić information content (AvgIpc) is 2.92. The van der Waals surface area contributed by atoms with E-state index in [1.54, 1.807) is 21.3 Å². The monoisotopic (exact) mass is 479 g/mol. The zero-order valence-corrected chi connectivity index (χ0v) is 21.3. The van der Waals surface area contributed by atoms with Gasteiger partial charge in [-0.1, -0.05) is 12.2 Å². The van der Waals surface area contributed by atoms with Gasteiger partial charge in [0.15, 0.2) is 11.5 Å². The Hall–Kier alpha value is -3.03. The molecule has 1 fully saturated rings. The minimum Gasteiger partial charge on any atom is -0.493 e. The predicted molar refractivity (Wildman–Crippen MR) is 138 cm³/mol. The molecule has 7 heteroatoms. The van der Waals surface area contributed by atoms with E-state index in [0.717, 1.165) is 62.2 Å². The molecule has 0 spiro atoms. The molecule has 35 heavy (non-hydrogen) atoms. The van der Waals surface area contributed by atoms with Gasteiger partial charge in [-0.05, 0) is 74.7 Å². The van der Waals surface area contributed by atoms with Crippen LogP contribution in [0.5, 0.6) is 17.2 Å². The summed E-state index contributed by atoms with van der Waals surface area (Å²) in [6.45, 7) is 5.66. The lowest BCUT2D eigenvalue weighted by Gasteiger charge is -2.38. The van der Waals surface area contributed by atoms with E-state index in [9.17, 15) is 0 Å². The second kappa shape index (κ2) is 12.1. The van der Waals surface area contributed by atoms with E-state index in [1.807, 2.05) is 31.5 Å². The third-order valence-corrected chi connectivity index (χ3v) is 6.65. The number of hydrogen-bond donors (Lipinski definition) is 1. The van der Waals surface area contributed by atoms with Crippen LogP contribution in [-0.4, -0.2) is 63.1 Å². The Kier molecular flexibility index (Phi) is 8.66. The molecule has 2 aromatic rings. The Balaban J connectivity index is 1.61. The van der Waals surface area contributed by atoms with Gasteiger partial charge in [-0.3, -0.25) is 4.98 Å². The molecule has 1 aliphatic heterocycles. The molecule has 1 saturated heterocycles. The fourth-order valence-corrected chi connectivity index (χ4v) is 4.87. The Bertz CT molecular complexity index is 1020. The third kappa shape index (κ3) is 5.97. The molecule has 0 saturated carbocycles. The molecule has 1 aliphatic carbocycles. The van der Waals surface area contributed by atoms with Crippen molar-refractivity contribution >= 4 is 0 Å². The number of methoxy groups -OCH3 is 3. The number of nitrogens with zero attached hydrogens (tertiary/aromatic N) is 2. The van der Waals surface area contributed by atoms with Gasteiger partial charge in [0.25, 0.3) is 0 Å². The summed E-state index contributed by atoms with van der Waals surface area (Å²) in [5.41, 5.74) is 4.41. The number of hydrogen-bond acceptors (Lipinski definition) is 7. The van der Waals surface area contributed by atoms with Crippen molar-refractivity contribution in [2.45, 2.75) is 44.9 Å². The third-order valence-electron chi connectivity index (χ3n) is 6.65. The number of benzene rings is 1. The predicted octanol–water partition coefficient (Wildman–Crippen LogP) is 4.58. The summed E-state index contributed by atoms with van der Waals surface area (Å²) in [6, 6.07) is 6.62. The minimum absolute atomic E-state index is 0.170. The first-order valence-electron chi connectivity index (χ1n) is 12.4. The maximum atomic E-state index is 5.79. The lowest BCUT2D eigenvalue weighted by atomic mass is 9.99. The summed E-state index contributed by atoms with van der Waals surface area (Å²) in [7, 11) is 4.88. The molecule has 4 rings (SSSR count). The average molecular weight is 480 g/mol. The Morgan fingerprint density at radius 2 is 1.71 bits per heavy atom. The molecule has 1 unspecified atom stereocenters. The van der Waals surface area contributed by atoms with Crippen molar-refractivity contribution < 1.29 is 18.9 Å². The van der Waals surface area contributed by atoms with Crippen LogP contribution in [0.3, 0.4) is 0 Å².